The number of alkyl halides is 2. The van der Waals surface area contributed by atoms with E-state index in [1.165, 1.54) is 0 Å². The molecule has 0 radical (unpaired) electrons. The Labute approximate surface area is 88.9 Å². The van der Waals surface area contributed by atoms with Gasteiger partial charge in [0, 0.05) is 6.54 Å². The summed E-state index contributed by atoms with van der Waals surface area (Å²) in [7, 11) is 0. The molecule has 0 saturated heterocycles. The molecule has 0 spiro atoms. The summed E-state index contributed by atoms with van der Waals surface area (Å²) in [6, 6.07) is 0.795. The average Bonchev–Trinajstić information content (AvgIpc) is 2.18. The van der Waals surface area contributed by atoms with E-state index in [2.05, 4.69) is 4.98 Å². The van der Waals surface area contributed by atoms with Gasteiger partial charge in [-0.2, -0.15) is 4.39 Å². The molecule has 0 saturated carbocycles. The Morgan fingerprint density at radius 1 is 1.56 bits per heavy atom. The number of carbonyl (C=O) groups is 1. The zero-order valence-electron chi connectivity index (χ0n) is 8.08. The second-order valence-corrected chi connectivity index (χ2v) is 3.05. The number of nitrogens with zero attached hydrogens (tertiary/aromatic N) is 1. The second-order valence-electron chi connectivity index (χ2n) is 3.05. The summed E-state index contributed by atoms with van der Waals surface area (Å²) < 4.78 is 37.7. The Morgan fingerprint density at radius 3 is 2.62 bits per heavy atom. The van der Waals surface area contributed by atoms with E-state index in [9.17, 15) is 18.0 Å². The Bertz CT molecular complexity index is 410. The molecule has 1 heterocycles. The zero-order chi connectivity index (χ0) is 12.3. The molecule has 7 heteroatoms. The highest BCUT2D eigenvalue weighted by molar-refractivity contribution is 5.70. The highest BCUT2D eigenvalue weighted by atomic mass is 19.3. The molecular weight excluding hydrogens is 225 g/mol. The summed E-state index contributed by atoms with van der Waals surface area (Å²) in [4.78, 5) is 13.7. The monoisotopic (exact) mass is 234 g/mol. The first-order valence-electron chi connectivity index (χ1n) is 4.34. The SMILES string of the molecule is NCc1nc(F)c(C(F)F)cc1CC(=O)O. The largest absolute Gasteiger partial charge is 0.481 e. The van der Waals surface area contributed by atoms with Crippen molar-refractivity contribution in [3.05, 3.63) is 28.8 Å². The van der Waals surface area contributed by atoms with Crippen molar-refractivity contribution in [1.82, 2.24) is 4.98 Å². The minimum Gasteiger partial charge on any atom is -0.481 e. The summed E-state index contributed by atoms with van der Waals surface area (Å²) in [5.41, 5.74) is 4.29. The fourth-order valence-corrected chi connectivity index (χ4v) is 1.23. The van der Waals surface area contributed by atoms with Crippen LogP contribution in [0.2, 0.25) is 0 Å². The van der Waals surface area contributed by atoms with E-state index >= 15 is 0 Å². The molecule has 1 aromatic heterocycles. The van der Waals surface area contributed by atoms with Crippen molar-refractivity contribution in [1.29, 1.82) is 0 Å². The van der Waals surface area contributed by atoms with Gasteiger partial charge in [-0.25, -0.2) is 13.8 Å². The molecule has 0 aliphatic heterocycles. The average molecular weight is 234 g/mol. The first-order valence-corrected chi connectivity index (χ1v) is 4.34. The standard InChI is InChI=1S/C9H9F3N2O2/c10-8(11)5-1-4(2-7(15)16)6(3-13)14-9(5)12/h1,8H,2-3,13H2,(H,15,16). The molecule has 0 fully saturated rings. The molecule has 0 amide bonds. The number of carboxylic acids is 1. The molecule has 3 N–H and O–H groups in total. The lowest BCUT2D eigenvalue weighted by Gasteiger charge is -2.08. The lowest BCUT2D eigenvalue weighted by atomic mass is 10.1. The molecule has 4 nitrogen and oxygen atoms in total. The van der Waals surface area contributed by atoms with Crippen LogP contribution in [-0.2, 0) is 17.8 Å². The molecular formula is C9H9F3N2O2. The third-order valence-corrected chi connectivity index (χ3v) is 1.94. The van der Waals surface area contributed by atoms with E-state index in [-0.39, 0.29) is 17.8 Å². The lowest BCUT2D eigenvalue weighted by molar-refractivity contribution is -0.136. The first kappa shape index (κ1) is 12.4. The van der Waals surface area contributed by atoms with Gasteiger partial charge in [0.05, 0.1) is 17.7 Å². The number of hydrogen-bond donors (Lipinski definition) is 2. The van der Waals surface area contributed by atoms with Gasteiger partial charge >= 0.3 is 5.97 Å². The van der Waals surface area contributed by atoms with Gasteiger partial charge in [-0.3, -0.25) is 4.79 Å². The molecule has 1 aromatic rings. The quantitative estimate of drug-likeness (QED) is 0.768. The third-order valence-electron chi connectivity index (χ3n) is 1.94. The Kier molecular flexibility index (Phi) is 3.83. The Hall–Kier alpha value is -1.63. The predicted molar refractivity (Wildman–Crippen MR) is 48.4 cm³/mol. The van der Waals surface area contributed by atoms with Crippen LogP contribution in [0.1, 0.15) is 23.2 Å². The van der Waals surface area contributed by atoms with Crippen molar-refractivity contribution in [3.8, 4) is 0 Å². The fourth-order valence-electron chi connectivity index (χ4n) is 1.23. The van der Waals surface area contributed by atoms with Crippen molar-refractivity contribution in [2.45, 2.75) is 19.4 Å². The van der Waals surface area contributed by atoms with E-state index in [1.807, 2.05) is 0 Å². The van der Waals surface area contributed by atoms with Gasteiger partial charge in [0.1, 0.15) is 0 Å². The highest BCUT2D eigenvalue weighted by Crippen LogP contribution is 2.23. The second kappa shape index (κ2) is 4.93. The summed E-state index contributed by atoms with van der Waals surface area (Å²) in [5.74, 6) is -2.53. The summed E-state index contributed by atoms with van der Waals surface area (Å²) in [6.45, 7) is -0.205. The van der Waals surface area contributed by atoms with Gasteiger partial charge in [0.2, 0.25) is 5.95 Å². The van der Waals surface area contributed by atoms with Crippen LogP contribution < -0.4 is 5.73 Å². The zero-order valence-corrected chi connectivity index (χ0v) is 8.08. The number of aromatic nitrogens is 1. The molecule has 0 bridgehead atoms. The maximum absolute atomic E-state index is 13.0. The van der Waals surface area contributed by atoms with Crippen molar-refractivity contribution >= 4 is 5.97 Å². The summed E-state index contributed by atoms with van der Waals surface area (Å²) >= 11 is 0. The van der Waals surface area contributed by atoms with Crippen LogP contribution in [0.15, 0.2) is 6.07 Å². The lowest BCUT2D eigenvalue weighted by Crippen LogP contribution is -2.12. The highest BCUT2D eigenvalue weighted by Gasteiger charge is 2.19. The molecule has 1 rings (SSSR count). The van der Waals surface area contributed by atoms with Crippen LogP contribution in [0.4, 0.5) is 13.2 Å². The van der Waals surface area contributed by atoms with Crippen molar-refractivity contribution in [3.63, 3.8) is 0 Å². The van der Waals surface area contributed by atoms with Crippen LogP contribution in [0.3, 0.4) is 0 Å². The molecule has 88 valence electrons. The number of hydrogen-bond acceptors (Lipinski definition) is 3. The van der Waals surface area contributed by atoms with Gasteiger partial charge in [-0.1, -0.05) is 0 Å². The summed E-state index contributed by atoms with van der Waals surface area (Å²) in [6.07, 6.45) is -3.55. The number of halogens is 3. The van der Waals surface area contributed by atoms with Gasteiger partial charge < -0.3 is 10.8 Å². The van der Waals surface area contributed by atoms with Crippen molar-refractivity contribution in [2.75, 3.05) is 0 Å². The van der Waals surface area contributed by atoms with E-state index in [1.54, 1.807) is 0 Å². The topological polar surface area (TPSA) is 76.2 Å². The molecule has 0 unspecified atom stereocenters. The molecule has 0 aliphatic carbocycles. The van der Waals surface area contributed by atoms with Crippen LogP contribution in [0.5, 0.6) is 0 Å². The minimum absolute atomic E-state index is 0.00620. The molecule has 0 aromatic carbocycles. The minimum atomic E-state index is -3.04. The van der Waals surface area contributed by atoms with Gasteiger partial charge in [0.15, 0.2) is 0 Å². The number of nitrogens with two attached hydrogens (primary N) is 1. The van der Waals surface area contributed by atoms with Gasteiger partial charge in [-0.05, 0) is 11.6 Å². The van der Waals surface area contributed by atoms with Gasteiger partial charge in [0.25, 0.3) is 6.43 Å². The van der Waals surface area contributed by atoms with Crippen molar-refractivity contribution in [2.24, 2.45) is 5.73 Å². The number of carboxylic acid groups (broad SMARTS) is 1. The molecule has 0 atom stereocenters. The number of aliphatic carboxylic acids is 1. The first-order chi connectivity index (χ1) is 7.45. The van der Waals surface area contributed by atoms with Crippen LogP contribution in [0, 0.1) is 5.95 Å². The van der Waals surface area contributed by atoms with Crippen LogP contribution in [-0.4, -0.2) is 16.1 Å². The molecule has 0 aliphatic rings. The van der Waals surface area contributed by atoms with Crippen LogP contribution in [0.25, 0.3) is 0 Å². The smallest absolute Gasteiger partial charge is 0.307 e. The number of pyridine rings is 1. The maximum Gasteiger partial charge on any atom is 0.307 e. The predicted octanol–water partition coefficient (Wildman–Crippen LogP) is 1.24. The normalized spacial score (nSPS) is 10.8. The van der Waals surface area contributed by atoms with E-state index in [4.69, 9.17) is 10.8 Å². The Balaban J connectivity index is 3.22. The van der Waals surface area contributed by atoms with Crippen molar-refractivity contribution < 1.29 is 23.1 Å². The fraction of sp³-hybridized carbons (Fsp3) is 0.333. The summed E-state index contributed by atoms with van der Waals surface area (Å²) in [5, 5.41) is 8.54. The maximum atomic E-state index is 13.0. The third kappa shape index (κ3) is 2.69. The van der Waals surface area contributed by atoms with Gasteiger partial charge in [-0.15, -0.1) is 0 Å². The van der Waals surface area contributed by atoms with Crippen LogP contribution >= 0.6 is 0 Å². The van der Waals surface area contributed by atoms with E-state index in [0.29, 0.717) is 0 Å². The van der Waals surface area contributed by atoms with E-state index in [0.717, 1.165) is 6.07 Å². The Morgan fingerprint density at radius 2 is 2.19 bits per heavy atom. The molecule has 16 heavy (non-hydrogen) atoms. The number of rotatable bonds is 4. The van der Waals surface area contributed by atoms with E-state index < -0.39 is 30.3 Å².